The van der Waals surface area contributed by atoms with E-state index in [0.717, 1.165) is 11.1 Å². The van der Waals surface area contributed by atoms with Crippen molar-refractivity contribution in [2.45, 2.75) is 57.8 Å². The molecule has 0 radical (unpaired) electrons. The predicted molar refractivity (Wildman–Crippen MR) is 138 cm³/mol. The zero-order valence-corrected chi connectivity index (χ0v) is 20.9. The van der Waals surface area contributed by atoms with E-state index >= 15 is 0 Å². The van der Waals surface area contributed by atoms with Gasteiger partial charge in [0.1, 0.15) is 12.2 Å². The largest absolute Gasteiger partial charge is 0.402 e. The van der Waals surface area contributed by atoms with Crippen LogP contribution in [0.1, 0.15) is 62.3 Å². The molecule has 2 aromatic carbocycles. The van der Waals surface area contributed by atoms with Crippen LogP contribution in [0, 0.1) is 0 Å². The molecule has 6 nitrogen and oxygen atoms in total. The molecule has 186 valence electrons. The first-order valence-electron chi connectivity index (χ1n) is 12.0. The molecule has 0 saturated carbocycles. The number of nitrogens with two attached hydrogens (primary N) is 1. The molecule has 0 aromatic heterocycles. The summed E-state index contributed by atoms with van der Waals surface area (Å²) in [5.74, 6) is -0.364. The molecular formula is C28H35FN4O2. The van der Waals surface area contributed by atoms with Crippen LogP contribution in [0.2, 0.25) is 0 Å². The topological polar surface area (TPSA) is 87.8 Å². The fraction of sp³-hybridized carbons (Fsp3) is 0.393. The Morgan fingerprint density at radius 1 is 1.11 bits per heavy atom. The number of amides is 2. The number of hydrogen-bond acceptors (Lipinski definition) is 4. The molecule has 0 bridgehead atoms. The second-order valence-electron chi connectivity index (χ2n) is 9.33. The highest BCUT2D eigenvalue weighted by atomic mass is 19.1. The number of benzene rings is 2. The van der Waals surface area contributed by atoms with Crippen LogP contribution < -0.4 is 11.1 Å². The van der Waals surface area contributed by atoms with Gasteiger partial charge in [0.2, 0.25) is 11.8 Å². The second-order valence-corrected chi connectivity index (χ2v) is 9.33. The molecule has 0 aliphatic carbocycles. The highest BCUT2D eigenvalue weighted by Gasteiger charge is 2.40. The maximum absolute atomic E-state index is 14.4. The summed E-state index contributed by atoms with van der Waals surface area (Å²) < 4.78 is 14.4. The van der Waals surface area contributed by atoms with Gasteiger partial charge in [-0.1, -0.05) is 68.4 Å². The zero-order chi connectivity index (χ0) is 25.5. The van der Waals surface area contributed by atoms with Gasteiger partial charge in [-0.05, 0) is 35.6 Å². The van der Waals surface area contributed by atoms with Gasteiger partial charge in [0.15, 0.2) is 0 Å². The van der Waals surface area contributed by atoms with Crippen LogP contribution in [0.3, 0.4) is 0 Å². The Bertz CT molecular complexity index is 1080. The number of hydrogen-bond donors (Lipinski definition) is 2. The third kappa shape index (κ3) is 6.78. The van der Waals surface area contributed by atoms with Crippen LogP contribution in [-0.4, -0.2) is 48.2 Å². The number of carbonyl (C=O) groups excluding carboxylic acids is 2. The lowest BCUT2D eigenvalue weighted by atomic mass is 9.95. The molecule has 1 heterocycles. The molecule has 2 amide bonds. The van der Waals surface area contributed by atoms with E-state index in [1.54, 1.807) is 20.0 Å². The molecule has 3 N–H and O–H groups in total. The molecule has 1 saturated heterocycles. The molecule has 1 fully saturated rings. The van der Waals surface area contributed by atoms with E-state index < -0.39 is 18.3 Å². The van der Waals surface area contributed by atoms with E-state index in [9.17, 15) is 14.0 Å². The molecule has 3 rings (SSSR count). The number of rotatable bonds is 8. The monoisotopic (exact) mass is 478 g/mol. The quantitative estimate of drug-likeness (QED) is 0.555. The molecule has 35 heavy (non-hydrogen) atoms. The van der Waals surface area contributed by atoms with Crippen molar-refractivity contribution in [2.75, 3.05) is 13.6 Å². The van der Waals surface area contributed by atoms with Gasteiger partial charge in [-0.25, -0.2) is 4.39 Å². The number of alkyl halides is 1. The maximum Gasteiger partial charge on any atom is 0.243 e. The summed E-state index contributed by atoms with van der Waals surface area (Å²) >= 11 is 0. The first kappa shape index (κ1) is 26.1. The standard InChI is InChI=1S/C28H35FN4O2/c1-18(2)20-10-12-22(13-11-20)27(21-8-6-5-7-9-21)32-28(35)25-15-23(29)17-33(25)26(34)16-24(30)14-19(3)31-4/h5-14,18,23,25,27H,15-17,30H2,1-4H3,(H,32,35)/t23-,25+,27+/m1/s1. The molecule has 2 aromatic rings. The molecule has 0 unspecified atom stereocenters. The minimum atomic E-state index is -1.26. The highest BCUT2D eigenvalue weighted by molar-refractivity contribution is 5.94. The Hall–Kier alpha value is -3.48. The predicted octanol–water partition coefficient (Wildman–Crippen LogP) is 4.28. The number of nitrogens with zero attached hydrogens (tertiary/aromatic N) is 2. The van der Waals surface area contributed by atoms with E-state index in [1.807, 2.05) is 42.5 Å². The highest BCUT2D eigenvalue weighted by Crippen LogP contribution is 2.27. The Labute approximate surface area is 207 Å². The first-order chi connectivity index (χ1) is 16.7. The van der Waals surface area contributed by atoms with Crippen molar-refractivity contribution in [2.24, 2.45) is 10.7 Å². The Morgan fingerprint density at radius 2 is 1.71 bits per heavy atom. The fourth-order valence-corrected chi connectivity index (χ4v) is 4.29. The van der Waals surface area contributed by atoms with Gasteiger partial charge in [0, 0.05) is 24.9 Å². The number of nitrogens with one attached hydrogen (secondary N) is 1. The Balaban J connectivity index is 1.82. The SMILES string of the molecule is CN=C(C)C=C(N)CC(=O)N1C[C@H](F)C[C@H]1C(=O)N[C@@H](c1ccccc1)c1ccc(C(C)C)cc1. The average Bonchev–Trinajstić information content (AvgIpc) is 3.24. The molecule has 1 aliphatic rings. The summed E-state index contributed by atoms with van der Waals surface area (Å²) in [5.41, 5.74) is 10.0. The summed E-state index contributed by atoms with van der Waals surface area (Å²) in [5, 5.41) is 3.08. The number of allylic oxidation sites excluding steroid dienone is 1. The van der Waals surface area contributed by atoms with Crippen molar-refractivity contribution in [3.05, 3.63) is 83.1 Å². The van der Waals surface area contributed by atoms with Crippen molar-refractivity contribution < 1.29 is 14.0 Å². The third-order valence-electron chi connectivity index (χ3n) is 6.33. The normalized spacial score (nSPS) is 19.7. The van der Waals surface area contributed by atoms with E-state index in [1.165, 1.54) is 10.5 Å². The van der Waals surface area contributed by atoms with E-state index in [4.69, 9.17) is 5.73 Å². The molecule has 0 spiro atoms. The first-order valence-corrected chi connectivity index (χ1v) is 12.0. The molecule has 7 heteroatoms. The lowest BCUT2D eigenvalue weighted by molar-refractivity contribution is -0.138. The van der Waals surface area contributed by atoms with Gasteiger partial charge in [-0.3, -0.25) is 14.6 Å². The van der Waals surface area contributed by atoms with Gasteiger partial charge in [0.05, 0.1) is 19.0 Å². The van der Waals surface area contributed by atoms with E-state index in [2.05, 4.69) is 36.3 Å². The molecule has 1 aliphatic heterocycles. The van der Waals surface area contributed by atoms with Crippen LogP contribution in [-0.2, 0) is 9.59 Å². The summed E-state index contributed by atoms with van der Waals surface area (Å²) in [7, 11) is 1.63. The number of likely N-dealkylation sites (tertiary alicyclic amines) is 1. The Morgan fingerprint density at radius 3 is 2.31 bits per heavy atom. The van der Waals surface area contributed by atoms with E-state index in [-0.39, 0.29) is 31.2 Å². The maximum atomic E-state index is 14.4. The van der Waals surface area contributed by atoms with Crippen molar-refractivity contribution in [3.8, 4) is 0 Å². The fourth-order valence-electron chi connectivity index (χ4n) is 4.29. The van der Waals surface area contributed by atoms with Crippen molar-refractivity contribution in [1.82, 2.24) is 10.2 Å². The lowest BCUT2D eigenvalue weighted by Gasteiger charge is -2.27. The zero-order valence-electron chi connectivity index (χ0n) is 20.9. The van der Waals surface area contributed by atoms with Gasteiger partial charge < -0.3 is 16.0 Å². The van der Waals surface area contributed by atoms with E-state index in [0.29, 0.717) is 17.3 Å². The van der Waals surface area contributed by atoms with Crippen molar-refractivity contribution in [3.63, 3.8) is 0 Å². The van der Waals surface area contributed by atoms with Crippen molar-refractivity contribution >= 4 is 17.5 Å². The minimum Gasteiger partial charge on any atom is -0.402 e. The van der Waals surface area contributed by atoms with Crippen LogP contribution in [0.15, 0.2) is 71.4 Å². The number of halogens is 1. The second kappa shape index (κ2) is 11.8. The van der Waals surface area contributed by atoms with Crippen LogP contribution in [0.5, 0.6) is 0 Å². The average molecular weight is 479 g/mol. The van der Waals surface area contributed by atoms with Crippen molar-refractivity contribution in [1.29, 1.82) is 0 Å². The smallest absolute Gasteiger partial charge is 0.243 e. The summed E-state index contributed by atoms with van der Waals surface area (Å²) in [4.78, 5) is 31.7. The molecular weight excluding hydrogens is 443 g/mol. The minimum absolute atomic E-state index is 0.0373. The van der Waals surface area contributed by atoms with Gasteiger partial charge in [0.25, 0.3) is 0 Å². The summed E-state index contributed by atoms with van der Waals surface area (Å²) in [6.45, 7) is 5.91. The molecule has 3 atom stereocenters. The lowest BCUT2D eigenvalue weighted by Crippen LogP contribution is -2.47. The van der Waals surface area contributed by atoms with Gasteiger partial charge in [-0.2, -0.15) is 0 Å². The summed E-state index contributed by atoms with van der Waals surface area (Å²) in [6.07, 6.45) is 0.216. The summed E-state index contributed by atoms with van der Waals surface area (Å²) in [6, 6.07) is 16.4. The number of aliphatic imine (C=N–C) groups is 1. The van der Waals surface area contributed by atoms with Crippen LogP contribution in [0.25, 0.3) is 0 Å². The van der Waals surface area contributed by atoms with Gasteiger partial charge in [-0.15, -0.1) is 0 Å². The van der Waals surface area contributed by atoms with Crippen LogP contribution in [0.4, 0.5) is 4.39 Å². The van der Waals surface area contributed by atoms with Gasteiger partial charge >= 0.3 is 0 Å². The Kier molecular flexibility index (Phi) is 8.79. The third-order valence-corrected chi connectivity index (χ3v) is 6.33. The number of carbonyl (C=O) groups is 2. The van der Waals surface area contributed by atoms with Crippen LogP contribution >= 0.6 is 0 Å².